The largest absolute Gasteiger partial charge is 0.411 e. The molecule has 1 aliphatic rings. The molecule has 0 aromatic heterocycles. The van der Waals surface area contributed by atoms with Gasteiger partial charge < -0.3 is 10.5 Å². The Bertz CT molecular complexity index is 399. The molecule has 0 radical (unpaired) electrons. The lowest BCUT2D eigenvalue weighted by Gasteiger charge is -2.02. The highest BCUT2D eigenvalue weighted by atomic mass is 16.4. The molecule has 1 aromatic carbocycles. The summed E-state index contributed by atoms with van der Waals surface area (Å²) in [6.07, 6.45) is 2.28. The van der Waals surface area contributed by atoms with Gasteiger partial charge >= 0.3 is 0 Å². The molecule has 1 aromatic rings. The molecular formula is C10H10N2O2. The lowest BCUT2D eigenvalue weighted by molar-refractivity contribution is -0.105. The maximum atomic E-state index is 10.2. The van der Waals surface area contributed by atoms with Gasteiger partial charge in [0.2, 0.25) is 6.41 Å². The second kappa shape index (κ2) is 3.49. The number of fused-ring (bicyclic) bond motifs is 1. The van der Waals surface area contributed by atoms with E-state index in [0.29, 0.717) is 6.41 Å². The Morgan fingerprint density at radius 3 is 3.00 bits per heavy atom. The average Bonchev–Trinajstić information content (AvgIpc) is 2.60. The maximum absolute atomic E-state index is 10.2. The first-order valence-corrected chi connectivity index (χ1v) is 4.39. The van der Waals surface area contributed by atoms with E-state index in [9.17, 15) is 4.79 Å². The summed E-state index contributed by atoms with van der Waals surface area (Å²) in [6.45, 7) is 0. The zero-order valence-corrected chi connectivity index (χ0v) is 7.53. The topological polar surface area (TPSA) is 61.7 Å². The summed E-state index contributed by atoms with van der Waals surface area (Å²) in [5.41, 5.74) is 3.59. The highest BCUT2D eigenvalue weighted by Gasteiger charge is 2.17. The standard InChI is InChI=1S/C10H10N2O2/c13-6-11-8-2-3-9-7(5-8)1-4-10(9)12-14/h2-3,5-6,14H,1,4H2,(H,11,13). The first kappa shape index (κ1) is 8.74. The molecule has 0 unspecified atom stereocenters. The van der Waals surface area contributed by atoms with Crippen molar-refractivity contribution in [2.45, 2.75) is 12.8 Å². The van der Waals surface area contributed by atoms with Crippen molar-refractivity contribution in [1.82, 2.24) is 0 Å². The first-order chi connectivity index (χ1) is 6.85. The SMILES string of the molecule is O=CNc1ccc2c(c1)CCC2=NO. The quantitative estimate of drug-likeness (QED) is 0.420. The third-order valence-corrected chi connectivity index (χ3v) is 2.39. The molecule has 0 bridgehead atoms. The van der Waals surface area contributed by atoms with E-state index in [0.717, 1.165) is 35.4 Å². The molecule has 0 spiro atoms. The van der Waals surface area contributed by atoms with Crippen molar-refractivity contribution in [1.29, 1.82) is 0 Å². The van der Waals surface area contributed by atoms with Crippen molar-refractivity contribution in [3.8, 4) is 0 Å². The molecule has 0 atom stereocenters. The third kappa shape index (κ3) is 1.35. The van der Waals surface area contributed by atoms with Crippen LogP contribution in [0.1, 0.15) is 17.5 Å². The summed E-state index contributed by atoms with van der Waals surface area (Å²) < 4.78 is 0. The fourth-order valence-electron chi connectivity index (χ4n) is 1.73. The molecule has 14 heavy (non-hydrogen) atoms. The van der Waals surface area contributed by atoms with Crippen molar-refractivity contribution < 1.29 is 10.0 Å². The predicted molar refractivity (Wildman–Crippen MR) is 52.8 cm³/mol. The maximum Gasteiger partial charge on any atom is 0.211 e. The molecule has 0 fully saturated rings. The van der Waals surface area contributed by atoms with Crippen LogP contribution >= 0.6 is 0 Å². The summed E-state index contributed by atoms with van der Waals surface area (Å²) in [5.74, 6) is 0. The van der Waals surface area contributed by atoms with Crippen LogP contribution in [0.5, 0.6) is 0 Å². The Morgan fingerprint density at radius 2 is 2.29 bits per heavy atom. The van der Waals surface area contributed by atoms with Gasteiger partial charge in [-0.3, -0.25) is 4.79 Å². The van der Waals surface area contributed by atoms with Gasteiger partial charge in [0, 0.05) is 11.3 Å². The monoisotopic (exact) mass is 190 g/mol. The van der Waals surface area contributed by atoms with Gasteiger partial charge in [-0.15, -0.1) is 0 Å². The van der Waals surface area contributed by atoms with Crippen LogP contribution in [0.4, 0.5) is 5.69 Å². The number of benzene rings is 1. The lowest BCUT2D eigenvalue weighted by atomic mass is 10.1. The fourth-order valence-corrected chi connectivity index (χ4v) is 1.73. The summed E-state index contributed by atoms with van der Waals surface area (Å²) >= 11 is 0. The van der Waals surface area contributed by atoms with Crippen LogP contribution < -0.4 is 5.32 Å². The van der Waals surface area contributed by atoms with Crippen molar-refractivity contribution in [2.75, 3.05) is 5.32 Å². The summed E-state index contributed by atoms with van der Waals surface area (Å²) in [6, 6.07) is 5.56. The van der Waals surface area contributed by atoms with Crippen LogP contribution in [0, 0.1) is 0 Å². The molecule has 4 nitrogen and oxygen atoms in total. The van der Waals surface area contributed by atoms with Gasteiger partial charge in [-0.1, -0.05) is 11.2 Å². The highest BCUT2D eigenvalue weighted by Crippen LogP contribution is 2.25. The highest BCUT2D eigenvalue weighted by molar-refractivity contribution is 6.04. The first-order valence-electron chi connectivity index (χ1n) is 4.39. The van der Waals surface area contributed by atoms with E-state index in [1.807, 2.05) is 12.1 Å². The summed E-state index contributed by atoms with van der Waals surface area (Å²) in [5, 5.41) is 14.5. The zero-order valence-electron chi connectivity index (χ0n) is 7.53. The van der Waals surface area contributed by atoms with Crippen molar-refractivity contribution >= 4 is 17.8 Å². The molecule has 2 N–H and O–H groups in total. The minimum Gasteiger partial charge on any atom is -0.411 e. The van der Waals surface area contributed by atoms with Crippen molar-refractivity contribution in [3.05, 3.63) is 29.3 Å². The third-order valence-electron chi connectivity index (χ3n) is 2.39. The van der Waals surface area contributed by atoms with E-state index in [-0.39, 0.29) is 0 Å². The van der Waals surface area contributed by atoms with Gasteiger partial charge in [0.25, 0.3) is 0 Å². The molecule has 0 aliphatic heterocycles. The molecule has 2 rings (SSSR count). The number of rotatable bonds is 2. The smallest absolute Gasteiger partial charge is 0.211 e. The molecule has 0 saturated carbocycles. The van der Waals surface area contributed by atoms with Crippen LogP contribution in [0.15, 0.2) is 23.4 Å². The number of carbonyl (C=O) groups excluding carboxylic acids is 1. The normalized spacial score (nSPS) is 16.7. The second-order valence-corrected chi connectivity index (χ2v) is 3.18. The number of amides is 1. The van der Waals surface area contributed by atoms with Crippen LogP contribution in [-0.4, -0.2) is 17.3 Å². The van der Waals surface area contributed by atoms with Crippen LogP contribution in [0.25, 0.3) is 0 Å². The van der Waals surface area contributed by atoms with E-state index < -0.39 is 0 Å². The van der Waals surface area contributed by atoms with Gasteiger partial charge in [0.15, 0.2) is 0 Å². The minimum atomic E-state index is 0.651. The van der Waals surface area contributed by atoms with E-state index in [4.69, 9.17) is 5.21 Å². The van der Waals surface area contributed by atoms with E-state index in [2.05, 4.69) is 10.5 Å². The number of hydrogen-bond acceptors (Lipinski definition) is 3. The van der Waals surface area contributed by atoms with Crippen LogP contribution in [0.2, 0.25) is 0 Å². The fraction of sp³-hybridized carbons (Fsp3) is 0.200. The Hall–Kier alpha value is -1.84. The van der Waals surface area contributed by atoms with E-state index >= 15 is 0 Å². The van der Waals surface area contributed by atoms with Gasteiger partial charge in [0.1, 0.15) is 0 Å². The Balaban J connectivity index is 2.38. The van der Waals surface area contributed by atoms with Crippen molar-refractivity contribution in [2.24, 2.45) is 5.16 Å². The Labute approximate surface area is 81.2 Å². The number of hydrogen-bond donors (Lipinski definition) is 2. The number of nitrogens with one attached hydrogen (secondary N) is 1. The average molecular weight is 190 g/mol. The molecule has 72 valence electrons. The van der Waals surface area contributed by atoms with Crippen LogP contribution in [0.3, 0.4) is 0 Å². The minimum absolute atomic E-state index is 0.651. The molecular weight excluding hydrogens is 180 g/mol. The summed E-state index contributed by atoms with van der Waals surface area (Å²) in [7, 11) is 0. The Kier molecular flexibility index (Phi) is 2.18. The number of anilines is 1. The Morgan fingerprint density at radius 1 is 1.43 bits per heavy atom. The van der Waals surface area contributed by atoms with Crippen molar-refractivity contribution in [3.63, 3.8) is 0 Å². The summed E-state index contributed by atoms with van der Waals surface area (Å²) in [4.78, 5) is 10.2. The van der Waals surface area contributed by atoms with Gasteiger partial charge in [0.05, 0.1) is 5.71 Å². The lowest BCUT2D eigenvalue weighted by Crippen LogP contribution is -1.97. The second-order valence-electron chi connectivity index (χ2n) is 3.18. The molecule has 1 aliphatic carbocycles. The van der Waals surface area contributed by atoms with Crippen LogP contribution in [-0.2, 0) is 11.2 Å². The predicted octanol–water partition coefficient (Wildman–Crippen LogP) is 1.38. The van der Waals surface area contributed by atoms with Gasteiger partial charge in [-0.25, -0.2) is 0 Å². The number of aryl methyl sites for hydroxylation is 1. The number of oxime groups is 1. The zero-order chi connectivity index (χ0) is 9.97. The van der Waals surface area contributed by atoms with E-state index in [1.54, 1.807) is 6.07 Å². The molecule has 0 saturated heterocycles. The molecule has 1 amide bonds. The number of carbonyl (C=O) groups is 1. The van der Waals surface area contributed by atoms with E-state index in [1.165, 1.54) is 0 Å². The molecule has 0 heterocycles. The molecule has 4 heteroatoms. The number of nitrogens with zero attached hydrogens (tertiary/aromatic N) is 1. The van der Waals surface area contributed by atoms with Gasteiger partial charge in [-0.2, -0.15) is 0 Å². The van der Waals surface area contributed by atoms with Gasteiger partial charge in [-0.05, 0) is 30.5 Å².